The lowest BCUT2D eigenvalue weighted by atomic mass is 10.3. The quantitative estimate of drug-likeness (QED) is 0.297. The average Bonchev–Trinajstić information content (AvgIpc) is 2.47. The molecule has 0 N–H and O–H groups in total. The van der Waals surface area contributed by atoms with Crippen molar-refractivity contribution < 1.29 is 23.7 Å². The minimum Gasteiger partial charge on any atom is -0.457 e. The predicted molar refractivity (Wildman–Crippen MR) is 86.9 cm³/mol. The van der Waals surface area contributed by atoms with Crippen molar-refractivity contribution in [3.05, 3.63) is 12.2 Å². The van der Waals surface area contributed by atoms with E-state index in [4.69, 9.17) is 18.9 Å². The molecular formula is C17H32O5. The highest BCUT2D eigenvalue weighted by atomic mass is 16.6. The Morgan fingerprint density at radius 3 is 2.09 bits per heavy atom. The summed E-state index contributed by atoms with van der Waals surface area (Å²) in [5.41, 5.74) is 0.389. The lowest BCUT2D eigenvalue weighted by molar-refractivity contribution is -0.148. The molecule has 0 aromatic rings. The maximum Gasteiger partial charge on any atom is 0.333 e. The van der Waals surface area contributed by atoms with E-state index in [1.807, 2.05) is 13.8 Å². The number of esters is 1. The molecule has 0 fully saturated rings. The van der Waals surface area contributed by atoms with E-state index in [0.717, 1.165) is 19.4 Å². The van der Waals surface area contributed by atoms with Crippen LogP contribution < -0.4 is 0 Å². The molecule has 0 bridgehead atoms. The van der Waals surface area contributed by atoms with E-state index >= 15 is 0 Å². The highest BCUT2D eigenvalue weighted by molar-refractivity contribution is 5.87. The zero-order valence-electron chi connectivity index (χ0n) is 14.7. The highest BCUT2D eigenvalue weighted by Gasteiger charge is 2.13. The van der Waals surface area contributed by atoms with E-state index in [0.29, 0.717) is 25.4 Å². The van der Waals surface area contributed by atoms with Crippen LogP contribution in [0.2, 0.25) is 0 Å². The third-order valence-corrected chi connectivity index (χ3v) is 2.88. The first-order valence-corrected chi connectivity index (χ1v) is 8.04. The van der Waals surface area contributed by atoms with E-state index in [9.17, 15) is 4.79 Å². The first-order valence-electron chi connectivity index (χ1n) is 8.04. The molecule has 0 saturated carbocycles. The van der Waals surface area contributed by atoms with E-state index in [1.54, 1.807) is 13.8 Å². The SMILES string of the molecule is C=C(C)C(=O)OC(C)COC(C)COC(C)COCCCC. The van der Waals surface area contributed by atoms with Crippen LogP contribution in [-0.2, 0) is 23.7 Å². The van der Waals surface area contributed by atoms with Crippen molar-refractivity contribution >= 4 is 5.97 Å². The van der Waals surface area contributed by atoms with Gasteiger partial charge >= 0.3 is 5.97 Å². The fourth-order valence-electron chi connectivity index (χ4n) is 1.51. The van der Waals surface area contributed by atoms with Crippen LogP contribution in [0.3, 0.4) is 0 Å². The monoisotopic (exact) mass is 316 g/mol. The summed E-state index contributed by atoms with van der Waals surface area (Å²) < 4.78 is 21.9. The van der Waals surface area contributed by atoms with Gasteiger partial charge < -0.3 is 18.9 Å². The fraction of sp³-hybridized carbons (Fsp3) is 0.824. The lowest BCUT2D eigenvalue weighted by Crippen LogP contribution is -2.27. The predicted octanol–water partition coefficient (Wildman–Crippen LogP) is 3.12. The van der Waals surface area contributed by atoms with Crippen LogP contribution in [0.5, 0.6) is 0 Å². The minimum atomic E-state index is -0.391. The zero-order chi connectivity index (χ0) is 17.0. The Hall–Kier alpha value is -0.910. The molecule has 3 atom stereocenters. The summed E-state index contributed by atoms with van der Waals surface area (Å²) in [7, 11) is 0. The number of hydrogen-bond acceptors (Lipinski definition) is 5. The van der Waals surface area contributed by atoms with Gasteiger partial charge in [0.25, 0.3) is 0 Å². The Labute approximate surface area is 135 Å². The van der Waals surface area contributed by atoms with Crippen LogP contribution in [-0.4, -0.2) is 50.7 Å². The Bertz CT molecular complexity index is 316. The summed E-state index contributed by atoms with van der Waals surface area (Å²) in [5.74, 6) is -0.391. The van der Waals surface area contributed by atoms with Gasteiger partial charge in [0.1, 0.15) is 6.10 Å². The molecule has 0 aliphatic carbocycles. The van der Waals surface area contributed by atoms with Crippen LogP contribution in [0.4, 0.5) is 0 Å². The van der Waals surface area contributed by atoms with Crippen molar-refractivity contribution in [3.8, 4) is 0 Å². The number of ether oxygens (including phenoxy) is 4. The lowest BCUT2D eigenvalue weighted by Gasteiger charge is -2.20. The molecule has 0 aliphatic heterocycles. The third kappa shape index (κ3) is 11.7. The fourth-order valence-corrected chi connectivity index (χ4v) is 1.51. The largest absolute Gasteiger partial charge is 0.457 e. The van der Waals surface area contributed by atoms with Gasteiger partial charge in [-0.1, -0.05) is 19.9 Å². The molecule has 130 valence electrons. The van der Waals surface area contributed by atoms with Gasteiger partial charge in [-0.25, -0.2) is 4.79 Å². The first kappa shape index (κ1) is 21.1. The first-order chi connectivity index (χ1) is 10.4. The van der Waals surface area contributed by atoms with Gasteiger partial charge in [-0.05, 0) is 34.1 Å². The van der Waals surface area contributed by atoms with Crippen molar-refractivity contribution in [2.45, 2.75) is 65.8 Å². The minimum absolute atomic E-state index is 0.0431. The average molecular weight is 316 g/mol. The van der Waals surface area contributed by atoms with Crippen molar-refractivity contribution in [2.75, 3.05) is 26.4 Å². The maximum atomic E-state index is 11.3. The highest BCUT2D eigenvalue weighted by Crippen LogP contribution is 2.03. The number of unbranched alkanes of at least 4 members (excludes halogenated alkanes) is 1. The molecule has 0 radical (unpaired) electrons. The van der Waals surface area contributed by atoms with E-state index in [1.165, 1.54) is 0 Å². The molecule has 0 saturated heterocycles. The summed E-state index contributed by atoms with van der Waals surface area (Å²) in [6.45, 7) is 15.2. The van der Waals surface area contributed by atoms with Gasteiger partial charge in [0.15, 0.2) is 0 Å². The summed E-state index contributed by atoms with van der Waals surface area (Å²) in [5, 5.41) is 0. The van der Waals surface area contributed by atoms with Gasteiger partial charge in [0.05, 0.1) is 32.0 Å². The standard InChI is InChI=1S/C17H32O5/c1-7-8-9-19-10-14(4)20-11-15(5)21-12-16(6)22-17(18)13(2)3/h14-16H,2,7-12H2,1,3-6H3. The molecule has 5 heteroatoms. The molecule has 0 rings (SSSR count). The summed E-state index contributed by atoms with van der Waals surface area (Å²) in [4.78, 5) is 11.3. The van der Waals surface area contributed by atoms with Gasteiger partial charge in [0, 0.05) is 12.2 Å². The number of hydrogen-bond donors (Lipinski definition) is 0. The van der Waals surface area contributed by atoms with Gasteiger partial charge in [-0.3, -0.25) is 0 Å². The Kier molecular flexibility index (Phi) is 12.1. The summed E-state index contributed by atoms with van der Waals surface area (Å²) >= 11 is 0. The van der Waals surface area contributed by atoms with Crippen LogP contribution in [0.15, 0.2) is 12.2 Å². The molecule has 5 nitrogen and oxygen atoms in total. The second-order valence-electron chi connectivity index (χ2n) is 5.71. The van der Waals surface area contributed by atoms with Crippen LogP contribution in [0.1, 0.15) is 47.5 Å². The molecule has 0 aromatic carbocycles. The third-order valence-electron chi connectivity index (χ3n) is 2.88. The number of carbonyl (C=O) groups excluding carboxylic acids is 1. The topological polar surface area (TPSA) is 54.0 Å². The Morgan fingerprint density at radius 2 is 1.55 bits per heavy atom. The Balaban J connectivity index is 3.69. The van der Waals surface area contributed by atoms with Crippen LogP contribution in [0.25, 0.3) is 0 Å². The molecule has 0 amide bonds. The van der Waals surface area contributed by atoms with Gasteiger partial charge in [-0.15, -0.1) is 0 Å². The number of rotatable bonds is 13. The normalized spacial score (nSPS) is 15.1. The molecule has 3 unspecified atom stereocenters. The van der Waals surface area contributed by atoms with Crippen molar-refractivity contribution in [2.24, 2.45) is 0 Å². The number of carbonyl (C=O) groups is 1. The molecule has 22 heavy (non-hydrogen) atoms. The molecular weight excluding hydrogens is 284 g/mol. The van der Waals surface area contributed by atoms with Crippen LogP contribution in [0, 0.1) is 0 Å². The van der Waals surface area contributed by atoms with Crippen molar-refractivity contribution in [3.63, 3.8) is 0 Å². The molecule has 0 aliphatic rings. The second-order valence-corrected chi connectivity index (χ2v) is 5.71. The van der Waals surface area contributed by atoms with Crippen molar-refractivity contribution in [1.82, 2.24) is 0 Å². The summed E-state index contributed by atoms with van der Waals surface area (Å²) in [6, 6.07) is 0. The molecule has 0 spiro atoms. The second kappa shape index (κ2) is 12.6. The zero-order valence-corrected chi connectivity index (χ0v) is 14.7. The summed E-state index contributed by atoms with van der Waals surface area (Å²) in [6.07, 6.45) is 1.88. The maximum absolute atomic E-state index is 11.3. The Morgan fingerprint density at radius 1 is 1.00 bits per heavy atom. The van der Waals surface area contributed by atoms with E-state index < -0.39 is 5.97 Å². The molecule has 0 aromatic heterocycles. The van der Waals surface area contributed by atoms with E-state index in [-0.39, 0.29) is 18.3 Å². The van der Waals surface area contributed by atoms with Crippen molar-refractivity contribution in [1.29, 1.82) is 0 Å². The van der Waals surface area contributed by atoms with Crippen LogP contribution >= 0.6 is 0 Å². The molecule has 0 heterocycles. The van der Waals surface area contributed by atoms with E-state index in [2.05, 4.69) is 13.5 Å². The van der Waals surface area contributed by atoms with Gasteiger partial charge in [0.2, 0.25) is 0 Å². The van der Waals surface area contributed by atoms with Gasteiger partial charge in [-0.2, -0.15) is 0 Å². The smallest absolute Gasteiger partial charge is 0.333 e.